The molecule has 0 unspecified atom stereocenters. The van der Waals surface area contributed by atoms with E-state index in [1.54, 1.807) is 11.3 Å². The smallest absolute Gasteiger partial charge is 0.185 e. The summed E-state index contributed by atoms with van der Waals surface area (Å²) in [6.45, 7) is 2.07. The van der Waals surface area contributed by atoms with Gasteiger partial charge >= 0.3 is 0 Å². The monoisotopic (exact) mass is 294 g/mol. The number of benzene rings is 1. The Morgan fingerprint density at radius 1 is 1.00 bits per heavy atom. The highest BCUT2D eigenvalue weighted by molar-refractivity contribution is 7.10. The second-order valence-electron chi connectivity index (χ2n) is 5.45. The van der Waals surface area contributed by atoms with Crippen LogP contribution < -0.4 is 0 Å². The van der Waals surface area contributed by atoms with Gasteiger partial charge in [0.05, 0.1) is 0 Å². The molecule has 1 nitrogen and oxygen atoms in total. The van der Waals surface area contributed by atoms with E-state index in [1.165, 1.54) is 5.56 Å². The van der Waals surface area contributed by atoms with Crippen LogP contribution in [0.25, 0.3) is 12.2 Å². The van der Waals surface area contributed by atoms with Crippen molar-refractivity contribution in [2.24, 2.45) is 0 Å². The zero-order valence-corrected chi connectivity index (χ0v) is 13.0. The van der Waals surface area contributed by atoms with E-state index in [0.29, 0.717) is 0 Å². The Morgan fingerprint density at radius 2 is 1.71 bits per heavy atom. The molecule has 1 fully saturated rings. The van der Waals surface area contributed by atoms with E-state index in [-0.39, 0.29) is 5.78 Å². The minimum absolute atomic E-state index is 0.218. The van der Waals surface area contributed by atoms with Crippen molar-refractivity contribution in [3.63, 3.8) is 0 Å². The van der Waals surface area contributed by atoms with Gasteiger partial charge < -0.3 is 0 Å². The van der Waals surface area contributed by atoms with Gasteiger partial charge in [0, 0.05) is 16.0 Å². The number of rotatable bonds is 2. The van der Waals surface area contributed by atoms with Crippen LogP contribution in [-0.4, -0.2) is 5.78 Å². The first-order chi connectivity index (χ1) is 10.2. The Hall–Kier alpha value is -1.93. The summed E-state index contributed by atoms with van der Waals surface area (Å²) in [7, 11) is 0. The number of allylic oxidation sites excluding steroid dienone is 2. The number of carbonyl (C=O) groups is 1. The van der Waals surface area contributed by atoms with Gasteiger partial charge in [0.2, 0.25) is 0 Å². The molecule has 21 heavy (non-hydrogen) atoms. The van der Waals surface area contributed by atoms with E-state index in [2.05, 4.69) is 43.3 Å². The maximum Gasteiger partial charge on any atom is 0.185 e. The van der Waals surface area contributed by atoms with E-state index in [0.717, 1.165) is 40.8 Å². The van der Waals surface area contributed by atoms with Crippen LogP contribution in [0.15, 0.2) is 52.9 Å². The highest BCUT2D eigenvalue weighted by atomic mass is 32.1. The van der Waals surface area contributed by atoms with Gasteiger partial charge in [-0.1, -0.05) is 35.9 Å². The fraction of sp³-hybridized carbons (Fsp3) is 0.211. The summed E-state index contributed by atoms with van der Waals surface area (Å²) in [5.41, 5.74) is 4.24. The maximum atomic E-state index is 12.6. The maximum absolute atomic E-state index is 12.6. The number of ketones is 1. The third-order valence-electron chi connectivity index (χ3n) is 3.75. The van der Waals surface area contributed by atoms with Crippen molar-refractivity contribution in [1.82, 2.24) is 0 Å². The van der Waals surface area contributed by atoms with Crippen LogP contribution in [0.4, 0.5) is 0 Å². The second-order valence-corrected chi connectivity index (χ2v) is 6.43. The van der Waals surface area contributed by atoms with Crippen LogP contribution in [0.1, 0.15) is 35.3 Å². The van der Waals surface area contributed by atoms with Gasteiger partial charge in [-0.3, -0.25) is 4.79 Å². The zero-order chi connectivity index (χ0) is 14.7. The Bertz CT molecular complexity index is 688. The lowest BCUT2D eigenvalue weighted by atomic mass is 9.87. The summed E-state index contributed by atoms with van der Waals surface area (Å²) in [5.74, 6) is 0.218. The molecule has 1 aliphatic rings. The van der Waals surface area contributed by atoms with Crippen molar-refractivity contribution in [1.29, 1.82) is 0 Å². The van der Waals surface area contributed by atoms with Crippen molar-refractivity contribution in [3.8, 4) is 0 Å². The van der Waals surface area contributed by atoms with Crippen molar-refractivity contribution < 1.29 is 4.79 Å². The number of aryl methyl sites for hydroxylation is 1. The molecular weight excluding hydrogens is 276 g/mol. The van der Waals surface area contributed by atoms with Crippen molar-refractivity contribution in [2.75, 3.05) is 0 Å². The highest BCUT2D eigenvalue weighted by Gasteiger charge is 2.20. The minimum atomic E-state index is 0.218. The van der Waals surface area contributed by atoms with E-state index in [1.807, 2.05) is 17.5 Å². The predicted molar refractivity (Wildman–Crippen MR) is 90.3 cm³/mol. The molecule has 0 N–H and O–H groups in total. The van der Waals surface area contributed by atoms with Crippen LogP contribution in [0, 0.1) is 6.92 Å². The molecule has 3 rings (SSSR count). The third-order valence-corrected chi connectivity index (χ3v) is 4.57. The largest absolute Gasteiger partial charge is 0.289 e. The quantitative estimate of drug-likeness (QED) is 0.689. The summed E-state index contributed by atoms with van der Waals surface area (Å²) >= 11 is 1.68. The van der Waals surface area contributed by atoms with Crippen molar-refractivity contribution >= 4 is 29.3 Å². The standard InChI is InChI=1S/C19H18OS/c1-14-7-9-15(10-8-14)12-16-4-2-5-17(19(16)20)13-18-6-3-11-21-18/h3,6-13H,2,4-5H2,1H3/b16-12-,17-13+. The fourth-order valence-corrected chi connectivity index (χ4v) is 3.27. The topological polar surface area (TPSA) is 17.1 Å². The minimum Gasteiger partial charge on any atom is -0.289 e. The zero-order valence-electron chi connectivity index (χ0n) is 12.1. The summed E-state index contributed by atoms with van der Waals surface area (Å²) in [4.78, 5) is 13.8. The van der Waals surface area contributed by atoms with Gasteiger partial charge in [-0.15, -0.1) is 11.3 Å². The van der Waals surface area contributed by atoms with E-state index >= 15 is 0 Å². The first kappa shape index (κ1) is 14.0. The summed E-state index contributed by atoms with van der Waals surface area (Å²) in [5, 5.41) is 2.04. The summed E-state index contributed by atoms with van der Waals surface area (Å²) in [6, 6.07) is 12.4. The van der Waals surface area contributed by atoms with Gasteiger partial charge in [0.1, 0.15) is 0 Å². The molecule has 1 aromatic carbocycles. The van der Waals surface area contributed by atoms with Crippen LogP contribution in [0.3, 0.4) is 0 Å². The van der Waals surface area contributed by atoms with Gasteiger partial charge in [0.25, 0.3) is 0 Å². The lowest BCUT2D eigenvalue weighted by molar-refractivity contribution is -0.112. The molecule has 106 valence electrons. The highest BCUT2D eigenvalue weighted by Crippen LogP contribution is 2.28. The van der Waals surface area contributed by atoms with Crippen LogP contribution in [0.2, 0.25) is 0 Å². The van der Waals surface area contributed by atoms with Crippen LogP contribution >= 0.6 is 11.3 Å². The van der Waals surface area contributed by atoms with Gasteiger partial charge in [-0.25, -0.2) is 0 Å². The third kappa shape index (κ3) is 3.40. The molecule has 1 aliphatic carbocycles. The van der Waals surface area contributed by atoms with Gasteiger partial charge in [0.15, 0.2) is 5.78 Å². The molecule has 0 radical (unpaired) electrons. The molecule has 0 amide bonds. The van der Waals surface area contributed by atoms with Crippen LogP contribution in [-0.2, 0) is 4.79 Å². The molecule has 0 aliphatic heterocycles. The first-order valence-corrected chi connectivity index (χ1v) is 8.16. The van der Waals surface area contributed by atoms with Crippen molar-refractivity contribution in [2.45, 2.75) is 26.2 Å². The summed E-state index contributed by atoms with van der Waals surface area (Å²) < 4.78 is 0. The van der Waals surface area contributed by atoms with E-state index in [4.69, 9.17) is 0 Å². The van der Waals surface area contributed by atoms with E-state index < -0.39 is 0 Å². The molecular formula is C19H18OS. The molecule has 2 heteroatoms. The molecule has 1 aromatic heterocycles. The van der Waals surface area contributed by atoms with Crippen LogP contribution in [0.5, 0.6) is 0 Å². The van der Waals surface area contributed by atoms with Gasteiger partial charge in [-0.2, -0.15) is 0 Å². The number of thiophene rings is 1. The molecule has 1 heterocycles. The number of hydrogen-bond donors (Lipinski definition) is 0. The number of hydrogen-bond acceptors (Lipinski definition) is 2. The Kier molecular flexibility index (Phi) is 4.16. The molecule has 0 saturated heterocycles. The first-order valence-electron chi connectivity index (χ1n) is 7.28. The Balaban J connectivity index is 1.86. The Morgan fingerprint density at radius 3 is 2.38 bits per heavy atom. The van der Waals surface area contributed by atoms with Gasteiger partial charge in [-0.05, 0) is 55.3 Å². The predicted octanol–water partition coefficient (Wildman–Crippen LogP) is 5.28. The normalized spacial score (nSPS) is 19.4. The molecule has 1 saturated carbocycles. The lowest BCUT2D eigenvalue weighted by Gasteiger charge is -2.16. The molecule has 0 atom stereocenters. The molecule has 0 spiro atoms. The fourth-order valence-electron chi connectivity index (χ4n) is 2.59. The molecule has 2 aromatic rings. The molecule has 0 bridgehead atoms. The number of carbonyl (C=O) groups excluding carboxylic acids is 1. The average Bonchev–Trinajstić information content (AvgIpc) is 2.99. The lowest BCUT2D eigenvalue weighted by Crippen LogP contribution is -2.12. The van der Waals surface area contributed by atoms with Crippen molar-refractivity contribution in [3.05, 3.63) is 68.9 Å². The summed E-state index contributed by atoms with van der Waals surface area (Å²) in [6.07, 6.45) is 6.93. The average molecular weight is 294 g/mol. The van der Waals surface area contributed by atoms with E-state index in [9.17, 15) is 4.79 Å². The Labute approximate surface area is 129 Å². The SMILES string of the molecule is Cc1ccc(/C=C2/CCC/C(=C\c3cccs3)C2=O)cc1. The second kappa shape index (κ2) is 6.23. The number of Topliss-reactive ketones (excluding diaryl/α,β-unsaturated/α-hetero) is 1.